The van der Waals surface area contributed by atoms with Gasteiger partial charge in [0.25, 0.3) is 5.56 Å². The molecule has 0 bridgehead atoms. The number of H-pyrrole nitrogens is 2. The van der Waals surface area contributed by atoms with Gasteiger partial charge in [0.2, 0.25) is 0 Å². The number of benzene rings is 1. The van der Waals surface area contributed by atoms with Gasteiger partial charge in [0.05, 0.1) is 5.69 Å². The van der Waals surface area contributed by atoms with Crippen LogP contribution in [0.1, 0.15) is 23.0 Å². The summed E-state index contributed by atoms with van der Waals surface area (Å²) in [6.07, 6.45) is -4.76. The second-order valence-corrected chi connectivity index (χ2v) is 4.11. The van der Waals surface area contributed by atoms with Crippen molar-refractivity contribution in [1.29, 1.82) is 0 Å². The van der Waals surface area contributed by atoms with Gasteiger partial charge in [-0.2, -0.15) is 18.3 Å². The first-order chi connectivity index (χ1) is 9.79. The van der Waals surface area contributed by atoms with Crippen LogP contribution >= 0.6 is 0 Å². The summed E-state index contributed by atoms with van der Waals surface area (Å²) in [7, 11) is 0. The second kappa shape index (κ2) is 5.35. The van der Waals surface area contributed by atoms with E-state index < -0.39 is 23.1 Å². The van der Waals surface area contributed by atoms with Crippen molar-refractivity contribution in [3.8, 4) is 0 Å². The maximum Gasteiger partial charge on any atom is 0.435 e. The highest BCUT2D eigenvalue weighted by Gasteiger charge is 2.37. The number of aromatic nitrogens is 2. The van der Waals surface area contributed by atoms with Crippen LogP contribution in [0.4, 0.5) is 24.5 Å². The summed E-state index contributed by atoms with van der Waals surface area (Å²) >= 11 is 0. The van der Waals surface area contributed by atoms with Crippen LogP contribution in [0.5, 0.6) is 0 Å². The number of ketones is 1. The maximum atomic E-state index is 12.6. The first-order valence-electron chi connectivity index (χ1n) is 5.69. The van der Waals surface area contributed by atoms with E-state index in [1.807, 2.05) is 0 Å². The summed E-state index contributed by atoms with van der Waals surface area (Å²) in [5.41, 5.74) is -2.70. The fraction of sp³-hybridized carbons (Fsp3) is 0.167. The molecule has 2 rings (SSSR count). The van der Waals surface area contributed by atoms with Gasteiger partial charge >= 0.3 is 6.18 Å². The number of rotatable bonds is 3. The standard InChI is InChI=1S/C12H9F3N4O2/c1-6(20)7-3-2-4-8(5-7)16-17-9-10(12(13,14)15)18-19-11(9)21/h2-5H,1H3,(H2,18,19,21). The van der Waals surface area contributed by atoms with Crippen LogP contribution in [0.25, 0.3) is 0 Å². The zero-order valence-corrected chi connectivity index (χ0v) is 10.7. The van der Waals surface area contributed by atoms with Gasteiger partial charge in [0.15, 0.2) is 17.2 Å². The number of aromatic amines is 2. The molecule has 1 heterocycles. The van der Waals surface area contributed by atoms with Crippen molar-refractivity contribution in [2.24, 2.45) is 10.2 Å². The molecule has 2 N–H and O–H groups in total. The molecular weight excluding hydrogens is 289 g/mol. The summed E-state index contributed by atoms with van der Waals surface area (Å²) < 4.78 is 37.9. The van der Waals surface area contributed by atoms with Crippen LogP contribution in [-0.4, -0.2) is 16.0 Å². The smallest absolute Gasteiger partial charge is 0.295 e. The summed E-state index contributed by atoms with van der Waals surface area (Å²) in [5, 5.41) is 10.4. The fourth-order valence-corrected chi connectivity index (χ4v) is 1.55. The Bertz CT molecular complexity index is 758. The molecule has 6 nitrogen and oxygen atoms in total. The van der Waals surface area contributed by atoms with Gasteiger partial charge in [0, 0.05) is 5.56 Å². The first-order valence-corrected chi connectivity index (χ1v) is 5.69. The van der Waals surface area contributed by atoms with Crippen molar-refractivity contribution in [3.05, 3.63) is 45.9 Å². The van der Waals surface area contributed by atoms with Crippen molar-refractivity contribution in [2.75, 3.05) is 0 Å². The van der Waals surface area contributed by atoms with E-state index >= 15 is 0 Å². The Labute approximate surface area is 115 Å². The lowest BCUT2D eigenvalue weighted by atomic mass is 10.1. The van der Waals surface area contributed by atoms with Gasteiger partial charge in [-0.05, 0) is 19.1 Å². The highest BCUT2D eigenvalue weighted by atomic mass is 19.4. The molecule has 0 fully saturated rings. The zero-order valence-electron chi connectivity index (χ0n) is 10.7. The minimum atomic E-state index is -4.76. The monoisotopic (exact) mass is 298 g/mol. The van der Waals surface area contributed by atoms with Gasteiger partial charge in [-0.15, -0.1) is 5.11 Å². The molecule has 0 radical (unpaired) electrons. The van der Waals surface area contributed by atoms with Crippen LogP contribution in [0.15, 0.2) is 39.3 Å². The van der Waals surface area contributed by atoms with Gasteiger partial charge in [-0.3, -0.25) is 19.8 Å². The molecule has 1 aromatic carbocycles. The van der Waals surface area contributed by atoms with Gasteiger partial charge in [0.1, 0.15) is 0 Å². The van der Waals surface area contributed by atoms with Crippen LogP contribution in [-0.2, 0) is 6.18 Å². The van der Waals surface area contributed by atoms with E-state index in [-0.39, 0.29) is 11.5 Å². The molecule has 0 aliphatic heterocycles. The molecule has 9 heteroatoms. The number of hydrogen-bond acceptors (Lipinski definition) is 4. The van der Waals surface area contributed by atoms with Crippen LogP contribution in [0, 0.1) is 0 Å². The Balaban J connectivity index is 2.39. The number of carbonyl (C=O) groups is 1. The molecule has 0 saturated carbocycles. The molecule has 110 valence electrons. The average Bonchev–Trinajstić information content (AvgIpc) is 2.78. The summed E-state index contributed by atoms with van der Waals surface area (Å²) in [6, 6.07) is 5.85. The van der Waals surface area contributed by atoms with Crippen molar-refractivity contribution >= 4 is 17.2 Å². The molecule has 21 heavy (non-hydrogen) atoms. The maximum absolute atomic E-state index is 12.6. The molecule has 0 atom stereocenters. The van der Waals surface area contributed by atoms with E-state index in [0.717, 1.165) is 0 Å². The average molecular weight is 298 g/mol. The fourth-order valence-electron chi connectivity index (χ4n) is 1.55. The highest BCUT2D eigenvalue weighted by Crippen LogP contribution is 2.33. The molecule has 0 aliphatic rings. The molecule has 0 amide bonds. The number of Topliss-reactive ketones (excluding diaryl/α,β-unsaturated/α-hetero) is 1. The second-order valence-electron chi connectivity index (χ2n) is 4.11. The number of hydrogen-bond donors (Lipinski definition) is 2. The third-order valence-corrected chi connectivity index (χ3v) is 2.55. The predicted molar refractivity (Wildman–Crippen MR) is 67.0 cm³/mol. The van der Waals surface area contributed by atoms with E-state index in [0.29, 0.717) is 5.56 Å². The number of alkyl halides is 3. The summed E-state index contributed by atoms with van der Waals surface area (Å²) in [6.45, 7) is 1.34. The molecule has 2 aromatic rings. The predicted octanol–water partition coefficient (Wildman–Crippen LogP) is 3.34. The minimum Gasteiger partial charge on any atom is -0.295 e. The van der Waals surface area contributed by atoms with E-state index in [1.165, 1.54) is 31.2 Å². The molecule has 0 saturated heterocycles. The minimum absolute atomic E-state index is 0.163. The Morgan fingerprint density at radius 3 is 2.52 bits per heavy atom. The van der Waals surface area contributed by atoms with Crippen molar-refractivity contribution in [2.45, 2.75) is 13.1 Å². The molecule has 0 spiro atoms. The Morgan fingerprint density at radius 2 is 1.90 bits per heavy atom. The van der Waals surface area contributed by atoms with Crippen LogP contribution in [0.3, 0.4) is 0 Å². The number of nitrogens with zero attached hydrogens (tertiary/aromatic N) is 2. The third kappa shape index (κ3) is 3.25. The quantitative estimate of drug-likeness (QED) is 0.672. The van der Waals surface area contributed by atoms with E-state index in [1.54, 1.807) is 10.2 Å². The van der Waals surface area contributed by atoms with Crippen molar-refractivity contribution in [1.82, 2.24) is 10.2 Å². The third-order valence-electron chi connectivity index (χ3n) is 2.55. The van der Waals surface area contributed by atoms with Crippen LogP contribution in [0.2, 0.25) is 0 Å². The van der Waals surface area contributed by atoms with Crippen molar-refractivity contribution in [3.63, 3.8) is 0 Å². The van der Waals surface area contributed by atoms with Gasteiger partial charge in [-0.1, -0.05) is 12.1 Å². The topological polar surface area (TPSA) is 90.4 Å². The van der Waals surface area contributed by atoms with Gasteiger partial charge in [-0.25, -0.2) is 0 Å². The Kier molecular flexibility index (Phi) is 3.74. The van der Waals surface area contributed by atoms with E-state index in [9.17, 15) is 22.8 Å². The zero-order chi connectivity index (χ0) is 15.6. The number of nitrogens with one attached hydrogen (secondary N) is 2. The SMILES string of the molecule is CC(=O)c1cccc(N=Nc2c(C(F)(F)F)[nH][nH]c2=O)c1. The summed E-state index contributed by atoms with van der Waals surface area (Å²) in [4.78, 5) is 22.5. The lowest BCUT2D eigenvalue weighted by Crippen LogP contribution is -2.06. The summed E-state index contributed by atoms with van der Waals surface area (Å²) in [5.74, 6) is -0.220. The van der Waals surface area contributed by atoms with E-state index in [2.05, 4.69) is 10.2 Å². The largest absolute Gasteiger partial charge is 0.435 e. The number of carbonyl (C=O) groups excluding carboxylic acids is 1. The van der Waals surface area contributed by atoms with Crippen LogP contribution < -0.4 is 5.56 Å². The Hall–Kier alpha value is -2.71. The normalized spacial score (nSPS) is 12.0. The highest BCUT2D eigenvalue weighted by molar-refractivity contribution is 5.94. The Morgan fingerprint density at radius 1 is 1.19 bits per heavy atom. The number of azo groups is 1. The van der Waals surface area contributed by atoms with Gasteiger partial charge < -0.3 is 0 Å². The molecular formula is C12H9F3N4O2. The first kappa shape index (κ1) is 14.7. The van der Waals surface area contributed by atoms with E-state index in [4.69, 9.17) is 0 Å². The molecule has 0 aliphatic carbocycles. The lowest BCUT2D eigenvalue weighted by Gasteiger charge is -2.02. The van der Waals surface area contributed by atoms with Crippen molar-refractivity contribution < 1.29 is 18.0 Å². The lowest BCUT2D eigenvalue weighted by molar-refractivity contribution is -0.140. The molecule has 1 aromatic heterocycles. The molecule has 0 unspecified atom stereocenters. The number of halogens is 3.